The number of piperidine rings is 1. The van der Waals surface area contributed by atoms with Gasteiger partial charge in [-0.2, -0.15) is 0 Å². The Morgan fingerprint density at radius 2 is 1.24 bits per heavy atom. The molecule has 1 nitrogen and oxygen atoms in total. The van der Waals surface area contributed by atoms with Crippen molar-refractivity contribution >= 4 is 35.9 Å². The molecular weight excluding hydrogens is 270 g/mol. The molecule has 1 fully saturated rings. The Morgan fingerprint density at radius 3 is 1.53 bits per heavy atom. The van der Waals surface area contributed by atoms with E-state index in [9.17, 15) is 0 Å². The Kier molecular flexibility index (Phi) is 6.76. The molecule has 0 unspecified atom stereocenters. The molecule has 0 atom stereocenters. The van der Waals surface area contributed by atoms with E-state index in [2.05, 4.69) is 70.4 Å². The van der Waals surface area contributed by atoms with Gasteiger partial charge < -0.3 is 5.32 Å². The maximum absolute atomic E-state index is 3.78. The highest BCUT2D eigenvalue weighted by Gasteiger charge is 2.47. The molecule has 1 heterocycles. The zero-order chi connectivity index (χ0) is 12.4. The van der Waals surface area contributed by atoms with Gasteiger partial charge >= 0.3 is 0 Å². The van der Waals surface area contributed by atoms with Crippen molar-refractivity contribution in [3.63, 3.8) is 0 Å². The summed E-state index contributed by atoms with van der Waals surface area (Å²) < 4.78 is 0.418. The first kappa shape index (κ1) is 17.9. The summed E-state index contributed by atoms with van der Waals surface area (Å²) in [6, 6.07) is 0. The Balaban J connectivity index is 0.00000256. The second-order valence-electron chi connectivity index (χ2n) is 6.02. The van der Waals surface area contributed by atoms with Gasteiger partial charge in [0.25, 0.3) is 0 Å². The van der Waals surface area contributed by atoms with E-state index in [0.29, 0.717) is 4.08 Å². The average molecular weight is 298 g/mol. The lowest BCUT2D eigenvalue weighted by molar-refractivity contribution is 0.179. The van der Waals surface area contributed by atoms with Crippen LogP contribution in [0.2, 0.25) is 0 Å². The summed E-state index contributed by atoms with van der Waals surface area (Å²) in [6.07, 6.45) is 2.53. The van der Waals surface area contributed by atoms with Crippen molar-refractivity contribution in [3.05, 3.63) is 0 Å². The van der Waals surface area contributed by atoms with E-state index in [1.54, 1.807) is 0 Å². The van der Waals surface area contributed by atoms with Gasteiger partial charge in [-0.3, -0.25) is 0 Å². The normalized spacial score (nSPS) is 25.1. The van der Waals surface area contributed by atoms with Gasteiger partial charge in [0.2, 0.25) is 0 Å². The highest BCUT2D eigenvalue weighted by atomic mass is 35.5. The highest BCUT2D eigenvalue weighted by Crippen LogP contribution is 2.51. The fraction of sp³-hybridized carbons (Fsp3) is 1.00. The summed E-state index contributed by atoms with van der Waals surface area (Å²) in [4.78, 5) is 0. The van der Waals surface area contributed by atoms with E-state index in [1.165, 1.54) is 24.3 Å². The topological polar surface area (TPSA) is 12.0 Å². The number of hydrogen-bond acceptors (Lipinski definition) is 3. The molecule has 104 valence electrons. The zero-order valence-electron chi connectivity index (χ0n) is 12.1. The predicted molar refractivity (Wildman–Crippen MR) is 86.8 cm³/mol. The highest BCUT2D eigenvalue weighted by molar-refractivity contribution is 8.18. The van der Waals surface area contributed by atoms with Gasteiger partial charge in [0.15, 0.2) is 0 Å². The van der Waals surface area contributed by atoms with Gasteiger partial charge in [0.1, 0.15) is 0 Å². The molecule has 0 saturated carbocycles. The SMILES string of the molecule is CCSC1(SCC)CC(C)(C)NC(C)(C)C1.Cl. The first-order valence-corrected chi connectivity index (χ1v) is 8.29. The first-order chi connectivity index (χ1) is 7.24. The van der Waals surface area contributed by atoms with Crippen LogP contribution in [0.25, 0.3) is 0 Å². The largest absolute Gasteiger partial charge is 0.307 e. The van der Waals surface area contributed by atoms with E-state index < -0.39 is 0 Å². The van der Waals surface area contributed by atoms with Gasteiger partial charge in [-0.25, -0.2) is 0 Å². The molecule has 1 N–H and O–H groups in total. The minimum absolute atomic E-state index is 0. The summed E-state index contributed by atoms with van der Waals surface area (Å²) >= 11 is 4.30. The van der Waals surface area contributed by atoms with Crippen molar-refractivity contribution < 1.29 is 0 Å². The summed E-state index contributed by atoms with van der Waals surface area (Å²) in [5, 5.41) is 3.78. The second kappa shape index (κ2) is 6.40. The maximum atomic E-state index is 3.78. The predicted octanol–water partition coefficient (Wildman–Crippen LogP) is 4.55. The Bertz CT molecular complexity index is 218. The van der Waals surface area contributed by atoms with Crippen LogP contribution in [-0.4, -0.2) is 26.7 Å². The standard InChI is InChI=1S/C13H27NS2.ClH/c1-7-15-13(16-8-2)9-11(3,4)14-12(5,6)10-13;/h14H,7-10H2,1-6H3;1H. The molecule has 17 heavy (non-hydrogen) atoms. The van der Waals surface area contributed by atoms with Gasteiger partial charge in [-0.15, -0.1) is 35.9 Å². The van der Waals surface area contributed by atoms with Crippen LogP contribution >= 0.6 is 35.9 Å². The van der Waals surface area contributed by atoms with Gasteiger partial charge in [0, 0.05) is 11.1 Å². The van der Waals surface area contributed by atoms with E-state index in [-0.39, 0.29) is 23.5 Å². The van der Waals surface area contributed by atoms with Crippen molar-refractivity contribution in [3.8, 4) is 0 Å². The molecule has 0 radical (unpaired) electrons. The van der Waals surface area contributed by atoms with Crippen LogP contribution in [-0.2, 0) is 0 Å². The molecule has 0 aromatic rings. The van der Waals surface area contributed by atoms with Crippen molar-refractivity contribution in [1.29, 1.82) is 0 Å². The smallest absolute Gasteiger partial charge is 0.0645 e. The average Bonchev–Trinajstić information content (AvgIpc) is 1.97. The van der Waals surface area contributed by atoms with Crippen molar-refractivity contribution in [2.45, 2.75) is 69.5 Å². The summed E-state index contributed by atoms with van der Waals surface area (Å²) in [6.45, 7) is 13.9. The molecule has 0 aromatic heterocycles. The molecule has 1 aliphatic heterocycles. The fourth-order valence-electron chi connectivity index (χ4n) is 3.19. The molecule has 1 saturated heterocycles. The van der Waals surface area contributed by atoms with E-state index in [1.807, 2.05) is 0 Å². The van der Waals surface area contributed by atoms with Crippen LogP contribution in [0.1, 0.15) is 54.4 Å². The third-order valence-corrected chi connectivity index (χ3v) is 5.83. The Morgan fingerprint density at radius 1 is 0.882 bits per heavy atom. The van der Waals surface area contributed by atoms with Gasteiger partial charge in [-0.1, -0.05) is 13.8 Å². The van der Waals surface area contributed by atoms with Crippen molar-refractivity contribution in [1.82, 2.24) is 5.32 Å². The molecule has 0 amide bonds. The minimum Gasteiger partial charge on any atom is -0.307 e. The van der Waals surface area contributed by atoms with E-state index in [4.69, 9.17) is 0 Å². The molecule has 1 aliphatic rings. The Labute approximate surface area is 122 Å². The van der Waals surface area contributed by atoms with Gasteiger partial charge in [0.05, 0.1) is 4.08 Å². The molecule has 0 aliphatic carbocycles. The van der Waals surface area contributed by atoms with Crippen LogP contribution in [0.15, 0.2) is 0 Å². The molecule has 1 rings (SSSR count). The van der Waals surface area contributed by atoms with E-state index >= 15 is 0 Å². The minimum atomic E-state index is 0. The molecule has 0 bridgehead atoms. The van der Waals surface area contributed by atoms with Gasteiger partial charge in [-0.05, 0) is 52.0 Å². The molecule has 4 heteroatoms. The lowest BCUT2D eigenvalue weighted by Gasteiger charge is -2.52. The summed E-state index contributed by atoms with van der Waals surface area (Å²) in [7, 11) is 0. The lowest BCUT2D eigenvalue weighted by Crippen LogP contribution is -2.61. The summed E-state index contributed by atoms with van der Waals surface area (Å²) in [5.41, 5.74) is 0.512. The Hall–Kier alpha value is 0.950. The monoisotopic (exact) mass is 297 g/mol. The number of halogens is 1. The van der Waals surface area contributed by atoms with Crippen LogP contribution in [0.3, 0.4) is 0 Å². The number of rotatable bonds is 4. The number of thioether (sulfide) groups is 2. The zero-order valence-corrected chi connectivity index (χ0v) is 14.5. The van der Waals surface area contributed by atoms with Crippen LogP contribution < -0.4 is 5.32 Å². The number of nitrogens with one attached hydrogen (secondary N) is 1. The first-order valence-electron chi connectivity index (χ1n) is 6.31. The molecule has 0 spiro atoms. The third-order valence-electron chi connectivity index (χ3n) is 2.91. The molecular formula is C13H28ClNS2. The quantitative estimate of drug-likeness (QED) is 0.765. The second-order valence-corrected chi connectivity index (χ2v) is 9.58. The third kappa shape index (κ3) is 5.22. The maximum Gasteiger partial charge on any atom is 0.0645 e. The summed E-state index contributed by atoms with van der Waals surface area (Å²) in [5.74, 6) is 2.44. The van der Waals surface area contributed by atoms with Crippen molar-refractivity contribution in [2.75, 3.05) is 11.5 Å². The molecule has 0 aromatic carbocycles. The van der Waals surface area contributed by atoms with Crippen LogP contribution in [0, 0.1) is 0 Å². The van der Waals surface area contributed by atoms with Crippen LogP contribution in [0.4, 0.5) is 0 Å². The van der Waals surface area contributed by atoms with Crippen LogP contribution in [0.5, 0.6) is 0 Å². The van der Waals surface area contributed by atoms with Crippen molar-refractivity contribution in [2.24, 2.45) is 0 Å². The van der Waals surface area contributed by atoms with E-state index in [0.717, 1.165) is 0 Å². The fourth-order valence-corrected chi connectivity index (χ4v) is 7.13. The number of hydrogen-bond donors (Lipinski definition) is 1. The lowest BCUT2D eigenvalue weighted by atomic mass is 9.82.